The Morgan fingerprint density at radius 3 is 3.10 bits per heavy atom. The highest BCUT2D eigenvalue weighted by Gasteiger charge is 2.05. The third-order valence-corrected chi connectivity index (χ3v) is 1.18. The van der Waals surface area contributed by atoms with E-state index in [1.807, 2.05) is 0 Å². The number of nitrogens with one attached hydrogen (secondary N) is 3. The monoisotopic (exact) mass is 136 g/mol. The van der Waals surface area contributed by atoms with Crippen LogP contribution in [0.5, 0.6) is 0 Å². The number of hydrogen-bond acceptors (Lipinski definition) is 2. The van der Waals surface area contributed by atoms with Gasteiger partial charge in [-0.1, -0.05) is 0 Å². The summed E-state index contributed by atoms with van der Waals surface area (Å²) in [5, 5.41) is 6.48. The van der Waals surface area contributed by atoms with Crippen LogP contribution in [0.3, 0.4) is 0 Å². The number of aromatic nitrogens is 5. The standard InChI is InChI=1S/C5H5N5/c1-2-7-4(6-1)5-8-3-9-10-5/h1-3H,(H,6,7)(H,8,9,10)/p+1. The summed E-state index contributed by atoms with van der Waals surface area (Å²) >= 11 is 0. The van der Waals surface area contributed by atoms with Crippen LogP contribution in [0, 0.1) is 0 Å². The number of rotatable bonds is 1. The van der Waals surface area contributed by atoms with Crippen LogP contribution in [-0.4, -0.2) is 20.2 Å². The Hall–Kier alpha value is -1.65. The summed E-state index contributed by atoms with van der Waals surface area (Å²) in [7, 11) is 0. The SMILES string of the molecule is c1c[nH]c(-c2[nH]nc[nH+]2)n1. The van der Waals surface area contributed by atoms with Crippen molar-refractivity contribution in [3.05, 3.63) is 18.7 Å². The van der Waals surface area contributed by atoms with E-state index in [0.29, 0.717) is 0 Å². The van der Waals surface area contributed by atoms with E-state index in [0.717, 1.165) is 11.6 Å². The van der Waals surface area contributed by atoms with Gasteiger partial charge in [0.2, 0.25) is 5.82 Å². The summed E-state index contributed by atoms with van der Waals surface area (Å²) in [6.45, 7) is 0. The zero-order chi connectivity index (χ0) is 6.81. The predicted molar refractivity (Wildman–Crippen MR) is 32.7 cm³/mol. The molecule has 0 aliphatic rings. The zero-order valence-electron chi connectivity index (χ0n) is 5.13. The Morgan fingerprint density at radius 2 is 2.50 bits per heavy atom. The molecule has 0 saturated heterocycles. The Balaban J connectivity index is 2.48. The summed E-state index contributed by atoms with van der Waals surface area (Å²) in [5.74, 6) is 1.54. The first-order valence-electron chi connectivity index (χ1n) is 2.87. The molecule has 0 fully saturated rings. The second-order valence-corrected chi connectivity index (χ2v) is 1.83. The lowest BCUT2D eigenvalue weighted by Crippen LogP contribution is -2.01. The Kier molecular flexibility index (Phi) is 1.00. The highest BCUT2D eigenvalue weighted by molar-refractivity contribution is 5.35. The minimum absolute atomic E-state index is 0.762. The van der Waals surface area contributed by atoms with Gasteiger partial charge in [0.15, 0.2) is 0 Å². The van der Waals surface area contributed by atoms with Crippen LogP contribution in [0.25, 0.3) is 11.6 Å². The third kappa shape index (κ3) is 0.680. The first-order valence-corrected chi connectivity index (χ1v) is 2.87. The molecule has 5 nitrogen and oxygen atoms in total. The van der Waals surface area contributed by atoms with Gasteiger partial charge in [0.1, 0.15) is 0 Å². The summed E-state index contributed by atoms with van der Waals surface area (Å²) in [5.41, 5.74) is 0. The summed E-state index contributed by atoms with van der Waals surface area (Å²) in [6, 6.07) is 0. The van der Waals surface area contributed by atoms with Crippen molar-refractivity contribution in [3.8, 4) is 11.6 Å². The van der Waals surface area contributed by atoms with Gasteiger partial charge in [-0.15, -0.1) is 5.10 Å². The van der Waals surface area contributed by atoms with Crippen molar-refractivity contribution in [2.24, 2.45) is 0 Å². The van der Waals surface area contributed by atoms with Crippen molar-refractivity contribution in [2.45, 2.75) is 0 Å². The molecule has 50 valence electrons. The highest BCUT2D eigenvalue weighted by Crippen LogP contribution is 2.00. The number of nitrogens with zero attached hydrogens (tertiary/aromatic N) is 2. The van der Waals surface area contributed by atoms with Gasteiger partial charge in [-0.05, 0) is 0 Å². The van der Waals surface area contributed by atoms with Gasteiger partial charge >= 0.3 is 0 Å². The van der Waals surface area contributed by atoms with E-state index < -0.39 is 0 Å². The number of imidazole rings is 1. The minimum Gasteiger partial charge on any atom is -0.340 e. The molecule has 0 aromatic carbocycles. The zero-order valence-corrected chi connectivity index (χ0v) is 5.13. The van der Waals surface area contributed by atoms with Crippen LogP contribution in [-0.2, 0) is 0 Å². The molecule has 5 heteroatoms. The second-order valence-electron chi connectivity index (χ2n) is 1.83. The molecule has 2 rings (SSSR count). The molecule has 2 heterocycles. The lowest BCUT2D eigenvalue weighted by atomic mass is 10.6. The fourth-order valence-corrected chi connectivity index (χ4v) is 0.749. The molecule has 0 unspecified atom stereocenters. The molecule has 0 saturated carbocycles. The van der Waals surface area contributed by atoms with E-state index in [2.05, 4.69) is 25.1 Å². The Morgan fingerprint density at radius 1 is 1.50 bits per heavy atom. The minimum atomic E-state index is 0.762. The van der Waals surface area contributed by atoms with Gasteiger partial charge in [0.05, 0.1) is 0 Å². The lowest BCUT2D eigenvalue weighted by Gasteiger charge is -1.78. The van der Waals surface area contributed by atoms with Gasteiger partial charge in [0, 0.05) is 17.5 Å². The third-order valence-electron chi connectivity index (χ3n) is 1.18. The number of hydrogen-bond donors (Lipinski definition) is 2. The fraction of sp³-hybridized carbons (Fsp3) is 0. The average molecular weight is 136 g/mol. The second kappa shape index (κ2) is 1.94. The molecule has 0 spiro atoms. The molecule has 10 heavy (non-hydrogen) atoms. The molecule has 0 amide bonds. The fourth-order valence-electron chi connectivity index (χ4n) is 0.749. The smallest absolute Gasteiger partial charge is 0.298 e. The van der Waals surface area contributed by atoms with E-state index >= 15 is 0 Å². The van der Waals surface area contributed by atoms with Gasteiger partial charge in [0.25, 0.3) is 12.2 Å². The maximum atomic E-state index is 4.00. The van der Waals surface area contributed by atoms with Crippen LogP contribution >= 0.6 is 0 Å². The molecule has 0 atom stereocenters. The molecule has 0 aliphatic carbocycles. The molecule has 2 aromatic heterocycles. The molecule has 2 aromatic rings. The maximum absolute atomic E-state index is 4.00. The molecule has 0 radical (unpaired) electrons. The summed E-state index contributed by atoms with van der Waals surface area (Å²) in [4.78, 5) is 9.81. The average Bonchev–Trinajstić information content (AvgIpc) is 2.59. The molecular weight excluding hydrogens is 130 g/mol. The van der Waals surface area contributed by atoms with Crippen molar-refractivity contribution in [1.29, 1.82) is 0 Å². The Labute approximate surface area is 56.5 Å². The topological polar surface area (TPSA) is 71.5 Å². The van der Waals surface area contributed by atoms with E-state index in [9.17, 15) is 0 Å². The molecular formula is C5H6N5+. The van der Waals surface area contributed by atoms with Crippen molar-refractivity contribution in [3.63, 3.8) is 0 Å². The molecule has 0 aliphatic heterocycles. The normalized spacial score (nSPS) is 10.0. The number of H-pyrrole nitrogens is 3. The molecule has 3 N–H and O–H groups in total. The largest absolute Gasteiger partial charge is 0.340 e. The van der Waals surface area contributed by atoms with E-state index in [1.54, 1.807) is 18.7 Å². The van der Waals surface area contributed by atoms with Crippen molar-refractivity contribution >= 4 is 0 Å². The van der Waals surface area contributed by atoms with Crippen LogP contribution in [0.15, 0.2) is 18.7 Å². The maximum Gasteiger partial charge on any atom is 0.298 e. The van der Waals surface area contributed by atoms with Crippen LogP contribution in [0.1, 0.15) is 0 Å². The first-order chi connectivity index (χ1) is 4.97. The van der Waals surface area contributed by atoms with Crippen molar-refractivity contribution in [1.82, 2.24) is 20.2 Å². The van der Waals surface area contributed by atoms with E-state index in [-0.39, 0.29) is 0 Å². The number of aromatic amines is 3. The lowest BCUT2D eigenvalue weighted by molar-refractivity contribution is -0.365. The first kappa shape index (κ1) is 5.16. The quantitative estimate of drug-likeness (QED) is 0.560. The predicted octanol–water partition coefficient (Wildman–Crippen LogP) is -0.386. The van der Waals surface area contributed by atoms with Crippen molar-refractivity contribution in [2.75, 3.05) is 0 Å². The van der Waals surface area contributed by atoms with E-state index in [1.165, 1.54) is 0 Å². The Bertz CT molecular complexity index is 249. The van der Waals surface area contributed by atoms with Gasteiger partial charge in [-0.25, -0.2) is 9.97 Å². The van der Waals surface area contributed by atoms with Crippen molar-refractivity contribution < 1.29 is 4.98 Å². The van der Waals surface area contributed by atoms with Crippen LogP contribution in [0.2, 0.25) is 0 Å². The summed E-state index contributed by atoms with van der Waals surface area (Å²) < 4.78 is 0. The van der Waals surface area contributed by atoms with Crippen LogP contribution in [0.4, 0.5) is 0 Å². The highest BCUT2D eigenvalue weighted by atomic mass is 15.2. The van der Waals surface area contributed by atoms with Gasteiger partial charge < -0.3 is 4.98 Å². The van der Waals surface area contributed by atoms with E-state index in [4.69, 9.17) is 0 Å². The van der Waals surface area contributed by atoms with Gasteiger partial charge in [-0.3, -0.25) is 0 Å². The molecule has 0 bridgehead atoms. The van der Waals surface area contributed by atoms with Crippen LogP contribution < -0.4 is 4.98 Å². The van der Waals surface area contributed by atoms with Gasteiger partial charge in [-0.2, -0.15) is 0 Å². The summed E-state index contributed by atoms with van der Waals surface area (Å²) in [6.07, 6.45) is 5.01.